The molecule has 0 saturated carbocycles. The van der Waals surface area contributed by atoms with E-state index in [9.17, 15) is 17.6 Å². The highest BCUT2D eigenvalue weighted by molar-refractivity contribution is 7.98. The maximum atomic E-state index is 13.6. The third-order valence-corrected chi connectivity index (χ3v) is 7.83. The van der Waals surface area contributed by atoms with Crippen LogP contribution in [0.1, 0.15) is 21.5 Å². The number of carbonyl (C=O) groups excluding carboxylic acids is 1. The van der Waals surface area contributed by atoms with Crippen molar-refractivity contribution >= 4 is 27.7 Å². The van der Waals surface area contributed by atoms with Crippen LogP contribution in [0.25, 0.3) is 0 Å². The first-order valence-electron chi connectivity index (χ1n) is 9.67. The molecule has 1 N–H and O–H groups in total. The molecule has 9 heteroatoms. The highest BCUT2D eigenvalue weighted by Gasteiger charge is 2.28. The van der Waals surface area contributed by atoms with Crippen molar-refractivity contribution in [3.05, 3.63) is 65.0 Å². The monoisotopic (exact) mass is 452 g/mol. The molecule has 1 saturated heterocycles. The van der Waals surface area contributed by atoms with Crippen LogP contribution in [0, 0.1) is 12.7 Å². The summed E-state index contributed by atoms with van der Waals surface area (Å²) in [6.07, 6.45) is 0. The molecule has 0 bridgehead atoms. The Kier molecular flexibility index (Phi) is 7.87. The second kappa shape index (κ2) is 10.4. The van der Waals surface area contributed by atoms with E-state index in [4.69, 9.17) is 4.74 Å². The zero-order valence-electron chi connectivity index (χ0n) is 16.8. The molecular formula is C21H25FN2O4S2. The number of halogens is 1. The Morgan fingerprint density at radius 3 is 2.67 bits per heavy atom. The predicted molar refractivity (Wildman–Crippen MR) is 116 cm³/mol. The minimum Gasteiger partial charge on any atom is -0.379 e. The lowest BCUT2D eigenvalue weighted by atomic mass is 10.1. The molecule has 2 aromatic carbocycles. The average molecular weight is 453 g/mol. The molecule has 0 radical (unpaired) electrons. The Morgan fingerprint density at radius 2 is 1.93 bits per heavy atom. The maximum Gasteiger partial charge on any atom is 0.251 e. The van der Waals surface area contributed by atoms with Gasteiger partial charge in [-0.3, -0.25) is 4.79 Å². The van der Waals surface area contributed by atoms with Crippen molar-refractivity contribution in [3.63, 3.8) is 0 Å². The fraction of sp³-hybridized carbons (Fsp3) is 0.381. The first-order chi connectivity index (χ1) is 14.4. The normalized spacial score (nSPS) is 15.1. The summed E-state index contributed by atoms with van der Waals surface area (Å²) in [5.74, 6) is 0.572. The molecule has 1 fully saturated rings. The van der Waals surface area contributed by atoms with Gasteiger partial charge in [-0.05, 0) is 36.2 Å². The number of sulfonamides is 1. The number of amides is 1. The highest BCUT2D eigenvalue weighted by Crippen LogP contribution is 2.22. The van der Waals surface area contributed by atoms with Crippen molar-refractivity contribution in [1.82, 2.24) is 9.62 Å². The standard InChI is InChI=1S/C21H25FN2O4S2/c1-16-6-7-17(14-20(16)30(26,27)24-9-11-28-12-10-24)21(25)23-8-13-29-15-18-4-2-3-5-19(18)22/h2-7,14H,8-13,15H2,1H3,(H,23,25). The first-order valence-corrected chi connectivity index (χ1v) is 12.3. The van der Waals surface area contributed by atoms with Crippen molar-refractivity contribution in [1.29, 1.82) is 0 Å². The predicted octanol–water partition coefficient (Wildman–Crippen LogP) is 2.82. The molecule has 0 atom stereocenters. The number of nitrogens with one attached hydrogen (secondary N) is 1. The number of benzene rings is 2. The molecule has 3 rings (SSSR count). The third kappa shape index (κ3) is 5.60. The molecule has 1 amide bonds. The lowest BCUT2D eigenvalue weighted by Crippen LogP contribution is -2.41. The average Bonchev–Trinajstić information content (AvgIpc) is 2.75. The number of nitrogens with zero attached hydrogens (tertiary/aromatic N) is 1. The molecule has 2 aromatic rings. The van der Waals surface area contributed by atoms with Crippen molar-refractivity contribution in [2.45, 2.75) is 17.6 Å². The van der Waals surface area contributed by atoms with Crippen LogP contribution in [0.2, 0.25) is 0 Å². The molecule has 1 aliphatic rings. The number of carbonyl (C=O) groups is 1. The van der Waals surface area contributed by atoms with Crippen molar-refractivity contribution in [2.75, 3.05) is 38.6 Å². The van der Waals surface area contributed by atoms with E-state index in [2.05, 4.69) is 5.32 Å². The fourth-order valence-corrected chi connectivity index (χ4v) is 5.59. The Hall–Kier alpha value is -1.94. The molecule has 0 aliphatic carbocycles. The summed E-state index contributed by atoms with van der Waals surface area (Å²) in [5, 5.41) is 2.80. The van der Waals surface area contributed by atoms with Gasteiger partial charge in [0.1, 0.15) is 5.82 Å². The van der Waals surface area contributed by atoms with E-state index in [1.54, 1.807) is 37.3 Å². The van der Waals surface area contributed by atoms with Crippen LogP contribution in [0.4, 0.5) is 4.39 Å². The quantitative estimate of drug-likeness (QED) is 0.624. The summed E-state index contributed by atoms with van der Waals surface area (Å²) in [6.45, 7) is 3.45. The van der Waals surface area contributed by atoms with Crippen LogP contribution >= 0.6 is 11.8 Å². The van der Waals surface area contributed by atoms with E-state index in [0.717, 1.165) is 0 Å². The lowest BCUT2D eigenvalue weighted by Gasteiger charge is -2.26. The molecule has 0 spiro atoms. The Balaban J connectivity index is 1.57. The van der Waals surface area contributed by atoms with Crippen molar-refractivity contribution < 1.29 is 22.3 Å². The van der Waals surface area contributed by atoms with Gasteiger partial charge in [-0.1, -0.05) is 24.3 Å². The second-order valence-electron chi connectivity index (χ2n) is 6.90. The Morgan fingerprint density at radius 1 is 1.20 bits per heavy atom. The molecule has 0 aromatic heterocycles. The summed E-state index contributed by atoms with van der Waals surface area (Å²) >= 11 is 1.52. The Bertz CT molecular complexity index is 992. The van der Waals surface area contributed by atoms with Crippen molar-refractivity contribution in [3.8, 4) is 0 Å². The van der Waals surface area contributed by atoms with E-state index in [0.29, 0.717) is 61.0 Å². The fourth-order valence-electron chi connectivity index (χ4n) is 3.08. The van der Waals surface area contributed by atoms with Crippen molar-refractivity contribution in [2.24, 2.45) is 0 Å². The van der Waals surface area contributed by atoms with Gasteiger partial charge in [0.05, 0.1) is 18.1 Å². The molecule has 1 aliphatic heterocycles. The van der Waals surface area contributed by atoms with Gasteiger partial charge in [0.15, 0.2) is 0 Å². The zero-order valence-corrected chi connectivity index (χ0v) is 18.4. The first kappa shape index (κ1) is 22.7. The van der Waals surface area contributed by atoms with Crippen LogP contribution in [0.3, 0.4) is 0 Å². The van der Waals surface area contributed by atoms with E-state index in [-0.39, 0.29) is 16.6 Å². The van der Waals surface area contributed by atoms with E-state index < -0.39 is 10.0 Å². The van der Waals surface area contributed by atoms with Gasteiger partial charge < -0.3 is 10.1 Å². The number of thioether (sulfide) groups is 1. The van der Waals surface area contributed by atoms with Crippen LogP contribution in [-0.2, 0) is 20.5 Å². The number of ether oxygens (including phenoxy) is 1. The maximum absolute atomic E-state index is 13.6. The lowest BCUT2D eigenvalue weighted by molar-refractivity contribution is 0.0730. The summed E-state index contributed by atoms with van der Waals surface area (Å²) in [6, 6.07) is 11.3. The van der Waals surface area contributed by atoms with Gasteiger partial charge in [-0.25, -0.2) is 12.8 Å². The van der Waals surface area contributed by atoms with Gasteiger partial charge in [-0.2, -0.15) is 16.1 Å². The molecule has 0 unspecified atom stereocenters. The van der Waals surface area contributed by atoms with Gasteiger partial charge in [-0.15, -0.1) is 0 Å². The molecular weight excluding hydrogens is 427 g/mol. The number of hydrogen-bond acceptors (Lipinski definition) is 5. The SMILES string of the molecule is Cc1ccc(C(=O)NCCSCc2ccccc2F)cc1S(=O)(=O)N1CCOCC1. The summed E-state index contributed by atoms with van der Waals surface area (Å²) in [4.78, 5) is 12.6. The number of rotatable bonds is 8. The molecule has 6 nitrogen and oxygen atoms in total. The molecule has 1 heterocycles. The Labute approximate surface area is 180 Å². The molecule has 162 valence electrons. The summed E-state index contributed by atoms with van der Waals surface area (Å²) in [5.41, 5.74) is 1.52. The zero-order chi connectivity index (χ0) is 21.6. The topological polar surface area (TPSA) is 75.7 Å². The summed E-state index contributed by atoms with van der Waals surface area (Å²) in [7, 11) is -3.68. The second-order valence-corrected chi connectivity index (χ2v) is 9.91. The minimum atomic E-state index is -3.68. The number of morpholine rings is 1. The third-order valence-electron chi connectivity index (χ3n) is 4.79. The minimum absolute atomic E-state index is 0.144. The van der Waals surface area contributed by atoms with E-state index in [1.165, 1.54) is 28.2 Å². The number of hydrogen-bond donors (Lipinski definition) is 1. The van der Waals surface area contributed by atoms with Crippen LogP contribution in [-0.4, -0.2) is 57.2 Å². The van der Waals surface area contributed by atoms with E-state index in [1.807, 2.05) is 0 Å². The van der Waals surface area contributed by atoms with E-state index >= 15 is 0 Å². The van der Waals surface area contributed by atoms with Crippen LogP contribution < -0.4 is 5.32 Å². The highest BCUT2D eigenvalue weighted by atomic mass is 32.2. The van der Waals surface area contributed by atoms with Crippen LogP contribution in [0.5, 0.6) is 0 Å². The van der Waals surface area contributed by atoms with Gasteiger partial charge in [0, 0.05) is 36.7 Å². The summed E-state index contributed by atoms with van der Waals surface area (Å²) < 4.78 is 46.1. The smallest absolute Gasteiger partial charge is 0.251 e. The van der Waals surface area contributed by atoms with Gasteiger partial charge in [0.25, 0.3) is 5.91 Å². The number of aryl methyl sites for hydroxylation is 1. The van der Waals surface area contributed by atoms with Gasteiger partial charge in [0.2, 0.25) is 10.0 Å². The molecule has 30 heavy (non-hydrogen) atoms. The largest absolute Gasteiger partial charge is 0.379 e. The van der Waals surface area contributed by atoms with Gasteiger partial charge >= 0.3 is 0 Å². The van der Waals surface area contributed by atoms with Crippen LogP contribution in [0.15, 0.2) is 47.4 Å².